The molecule has 0 aliphatic rings. The number of nitrogens with one attached hydrogen (secondary N) is 1. The van der Waals surface area contributed by atoms with Crippen LogP contribution in [0, 0.1) is 0 Å². The highest BCUT2D eigenvalue weighted by atomic mass is 35.5. The summed E-state index contributed by atoms with van der Waals surface area (Å²) in [6.45, 7) is 0.283. The lowest BCUT2D eigenvalue weighted by Gasteiger charge is -2.07. The van der Waals surface area contributed by atoms with Crippen molar-refractivity contribution < 1.29 is 13.2 Å². The van der Waals surface area contributed by atoms with E-state index in [4.69, 9.17) is 17.3 Å². The van der Waals surface area contributed by atoms with E-state index in [1.807, 2.05) is 0 Å². The van der Waals surface area contributed by atoms with E-state index in [2.05, 4.69) is 5.32 Å². The van der Waals surface area contributed by atoms with Crippen LogP contribution in [-0.4, -0.2) is 32.4 Å². The zero-order valence-electron chi connectivity index (χ0n) is 9.73. The van der Waals surface area contributed by atoms with Crippen LogP contribution in [0.3, 0.4) is 0 Å². The lowest BCUT2D eigenvalue weighted by molar-refractivity contribution is -0.113. The predicted molar refractivity (Wildman–Crippen MR) is 72.4 cm³/mol. The Kier molecular flexibility index (Phi) is 5.58. The summed E-state index contributed by atoms with van der Waals surface area (Å²) in [7, 11) is -3.41. The first-order valence-electron chi connectivity index (χ1n) is 5.39. The third kappa shape index (κ3) is 5.03. The molecule has 3 N–H and O–H groups in total. The molecule has 1 aromatic rings. The van der Waals surface area contributed by atoms with E-state index < -0.39 is 21.5 Å². The first-order valence-corrected chi connectivity index (χ1v) is 7.59. The van der Waals surface area contributed by atoms with Crippen molar-refractivity contribution >= 4 is 33.0 Å². The van der Waals surface area contributed by atoms with Gasteiger partial charge in [0.15, 0.2) is 9.84 Å². The number of benzene rings is 1. The highest BCUT2D eigenvalue weighted by Crippen LogP contribution is 2.20. The van der Waals surface area contributed by atoms with Crippen molar-refractivity contribution in [1.82, 2.24) is 0 Å². The number of halogens is 1. The number of rotatable bonds is 6. The number of hydrogen-bond donors (Lipinski definition) is 2. The molecule has 1 rings (SSSR count). The van der Waals surface area contributed by atoms with E-state index in [9.17, 15) is 13.2 Å². The van der Waals surface area contributed by atoms with Crippen LogP contribution in [0.15, 0.2) is 24.3 Å². The van der Waals surface area contributed by atoms with Gasteiger partial charge in [-0.15, -0.1) is 0 Å². The molecule has 0 unspecified atom stereocenters. The number of hydrogen-bond acceptors (Lipinski definition) is 4. The molecule has 0 spiro atoms. The Bertz CT molecular complexity index is 517. The molecule has 0 saturated carbocycles. The third-order valence-electron chi connectivity index (χ3n) is 2.16. The molecule has 100 valence electrons. The summed E-state index contributed by atoms with van der Waals surface area (Å²) in [5, 5.41) is 2.83. The predicted octanol–water partition coefficient (Wildman–Crippen LogP) is 1.04. The second kappa shape index (κ2) is 6.72. The van der Waals surface area contributed by atoms with E-state index >= 15 is 0 Å². The molecule has 0 atom stereocenters. The van der Waals surface area contributed by atoms with Crippen molar-refractivity contribution in [2.24, 2.45) is 5.73 Å². The van der Waals surface area contributed by atoms with Gasteiger partial charge in [-0.3, -0.25) is 4.79 Å². The first-order chi connectivity index (χ1) is 8.44. The van der Waals surface area contributed by atoms with E-state index in [0.29, 0.717) is 17.1 Å². The Balaban J connectivity index is 2.60. The smallest absolute Gasteiger partial charge is 0.239 e. The molecular formula is C11H15ClN2O3S. The minimum absolute atomic E-state index is 0.0839. The number of anilines is 1. The Hall–Kier alpha value is -1.11. The zero-order chi connectivity index (χ0) is 13.6. The second-order valence-electron chi connectivity index (χ2n) is 3.76. The first kappa shape index (κ1) is 14.9. The summed E-state index contributed by atoms with van der Waals surface area (Å²) >= 11 is 5.84. The topological polar surface area (TPSA) is 89.3 Å². The van der Waals surface area contributed by atoms with Gasteiger partial charge in [0, 0.05) is 0 Å². The molecule has 7 heteroatoms. The summed E-state index contributed by atoms with van der Waals surface area (Å²) in [5.41, 5.74) is 5.63. The van der Waals surface area contributed by atoms with E-state index in [0.717, 1.165) is 0 Å². The summed E-state index contributed by atoms with van der Waals surface area (Å²) in [6, 6.07) is 6.63. The van der Waals surface area contributed by atoms with Crippen LogP contribution in [0.5, 0.6) is 0 Å². The minimum Gasteiger partial charge on any atom is -0.330 e. The van der Waals surface area contributed by atoms with Crippen LogP contribution < -0.4 is 11.1 Å². The fourth-order valence-electron chi connectivity index (χ4n) is 1.32. The minimum atomic E-state index is -3.41. The Morgan fingerprint density at radius 1 is 1.33 bits per heavy atom. The Labute approximate surface area is 111 Å². The molecule has 0 aromatic heterocycles. The lowest BCUT2D eigenvalue weighted by atomic mass is 10.3. The quantitative estimate of drug-likeness (QED) is 0.819. The summed E-state index contributed by atoms with van der Waals surface area (Å²) in [5.74, 6) is -1.24. The maximum atomic E-state index is 11.6. The van der Waals surface area contributed by atoms with Crippen molar-refractivity contribution in [2.75, 3.05) is 23.4 Å². The van der Waals surface area contributed by atoms with Gasteiger partial charge in [-0.2, -0.15) is 0 Å². The molecule has 18 heavy (non-hydrogen) atoms. The number of carbonyl (C=O) groups is 1. The van der Waals surface area contributed by atoms with E-state index in [1.54, 1.807) is 24.3 Å². The van der Waals surface area contributed by atoms with Crippen LogP contribution in [0.2, 0.25) is 5.02 Å². The molecule has 0 aliphatic heterocycles. The van der Waals surface area contributed by atoms with Crippen LogP contribution in [0.25, 0.3) is 0 Å². The SMILES string of the molecule is NCCCS(=O)(=O)CC(=O)Nc1ccccc1Cl. The fraction of sp³-hybridized carbons (Fsp3) is 0.364. The second-order valence-corrected chi connectivity index (χ2v) is 6.35. The zero-order valence-corrected chi connectivity index (χ0v) is 11.3. The molecule has 0 bridgehead atoms. The molecule has 1 amide bonds. The van der Waals surface area contributed by atoms with Crippen molar-refractivity contribution in [3.8, 4) is 0 Å². The maximum Gasteiger partial charge on any atom is 0.239 e. The molecule has 0 fully saturated rings. The molecule has 0 heterocycles. The van der Waals surface area contributed by atoms with Gasteiger partial charge in [-0.05, 0) is 25.1 Å². The molecular weight excluding hydrogens is 276 g/mol. The van der Waals surface area contributed by atoms with Crippen molar-refractivity contribution in [1.29, 1.82) is 0 Å². The maximum absolute atomic E-state index is 11.6. The van der Waals surface area contributed by atoms with Gasteiger partial charge in [0.1, 0.15) is 5.75 Å². The Morgan fingerprint density at radius 3 is 2.61 bits per heavy atom. The largest absolute Gasteiger partial charge is 0.330 e. The van der Waals surface area contributed by atoms with Gasteiger partial charge in [0.05, 0.1) is 16.5 Å². The van der Waals surface area contributed by atoms with Gasteiger partial charge in [0.2, 0.25) is 5.91 Å². The number of amides is 1. The van der Waals surface area contributed by atoms with Gasteiger partial charge < -0.3 is 11.1 Å². The highest BCUT2D eigenvalue weighted by Gasteiger charge is 2.16. The van der Waals surface area contributed by atoms with Crippen LogP contribution in [-0.2, 0) is 14.6 Å². The summed E-state index contributed by atoms with van der Waals surface area (Å²) in [6.07, 6.45) is 0.349. The van der Waals surface area contributed by atoms with Crippen LogP contribution in [0.1, 0.15) is 6.42 Å². The number of nitrogens with two attached hydrogens (primary N) is 1. The van der Waals surface area contributed by atoms with Crippen LogP contribution in [0.4, 0.5) is 5.69 Å². The third-order valence-corrected chi connectivity index (χ3v) is 4.10. The molecule has 0 saturated heterocycles. The number of para-hydroxylation sites is 1. The van der Waals surface area contributed by atoms with Gasteiger partial charge in [0.25, 0.3) is 0 Å². The normalized spacial score (nSPS) is 11.2. The number of carbonyl (C=O) groups excluding carboxylic acids is 1. The van der Waals surface area contributed by atoms with Gasteiger partial charge in [-0.25, -0.2) is 8.42 Å². The average molecular weight is 291 g/mol. The fourth-order valence-corrected chi connectivity index (χ4v) is 2.73. The lowest BCUT2D eigenvalue weighted by Crippen LogP contribution is -2.25. The monoisotopic (exact) mass is 290 g/mol. The summed E-state index contributed by atoms with van der Waals surface area (Å²) in [4.78, 5) is 11.6. The van der Waals surface area contributed by atoms with Crippen molar-refractivity contribution in [3.05, 3.63) is 29.3 Å². The highest BCUT2D eigenvalue weighted by molar-refractivity contribution is 7.92. The number of sulfone groups is 1. The van der Waals surface area contributed by atoms with Gasteiger partial charge in [-0.1, -0.05) is 23.7 Å². The van der Waals surface area contributed by atoms with E-state index in [-0.39, 0.29) is 12.3 Å². The molecule has 5 nitrogen and oxygen atoms in total. The van der Waals surface area contributed by atoms with E-state index in [1.165, 1.54) is 0 Å². The van der Waals surface area contributed by atoms with Gasteiger partial charge >= 0.3 is 0 Å². The van der Waals surface area contributed by atoms with Crippen molar-refractivity contribution in [2.45, 2.75) is 6.42 Å². The average Bonchev–Trinajstić information content (AvgIpc) is 2.29. The van der Waals surface area contributed by atoms with Crippen LogP contribution >= 0.6 is 11.6 Å². The molecule has 1 aromatic carbocycles. The standard InChI is InChI=1S/C11H15ClN2O3S/c12-9-4-1-2-5-10(9)14-11(15)8-18(16,17)7-3-6-13/h1-2,4-5H,3,6-8,13H2,(H,14,15). The summed E-state index contributed by atoms with van der Waals surface area (Å²) < 4.78 is 23.1. The van der Waals surface area contributed by atoms with Crippen molar-refractivity contribution in [3.63, 3.8) is 0 Å². The molecule has 0 radical (unpaired) electrons. The Morgan fingerprint density at radius 2 is 2.00 bits per heavy atom. The molecule has 0 aliphatic carbocycles.